The summed E-state index contributed by atoms with van der Waals surface area (Å²) in [6.45, 7) is 3.41. The van der Waals surface area contributed by atoms with E-state index in [1.54, 1.807) is 42.2 Å². The number of nitro groups is 1. The average Bonchev–Trinajstić information content (AvgIpc) is 3.03. The number of piperazine rings is 1. The molecule has 1 fully saturated rings. The maximum Gasteiger partial charge on any atom is 0.409 e. The summed E-state index contributed by atoms with van der Waals surface area (Å²) in [6.07, 6.45) is -0.432. The molecule has 0 bridgehead atoms. The summed E-state index contributed by atoms with van der Waals surface area (Å²) in [5.74, 6) is -3.39. The minimum atomic E-state index is -1.12. The van der Waals surface area contributed by atoms with Crippen molar-refractivity contribution in [2.45, 2.75) is 12.8 Å². The highest BCUT2D eigenvalue weighted by atomic mass is 16.6. The Morgan fingerprint density at radius 2 is 1.70 bits per heavy atom. The van der Waals surface area contributed by atoms with Crippen molar-refractivity contribution in [1.29, 1.82) is 5.26 Å². The van der Waals surface area contributed by atoms with Crippen LogP contribution in [0.2, 0.25) is 0 Å². The molecular weight excluding hydrogens is 560 g/mol. The van der Waals surface area contributed by atoms with Gasteiger partial charge in [-0.1, -0.05) is 30.3 Å². The number of nitriles is 1. The molecule has 14 heteroatoms. The molecule has 0 radical (unpaired) electrons. The molecular formula is C29H30N6O8. The zero-order chi connectivity index (χ0) is 31.3. The van der Waals surface area contributed by atoms with Gasteiger partial charge in [0.15, 0.2) is 0 Å². The number of carbonyl (C=O) groups excluding carboxylic acids is 3. The third-order valence-electron chi connectivity index (χ3n) is 7.18. The SMILES string of the molecule is CCOC(=O)N1CCN(c2ccc([N+](=O)[O-])c(N3C(N)=C(C#N)C(c4ccccc4)C(C(=O)OC)=C3C(=O)OC)c2)CC1. The number of amides is 1. The van der Waals surface area contributed by atoms with Crippen molar-refractivity contribution in [3.05, 3.63) is 86.9 Å². The topological polar surface area (TPSA) is 182 Å². The van der Waals surface area contributed by atoms with Gasteiger partial charge in [-0.2, -0.15) is 5.26 Å². The quantitative estimate of drug-likeness (QED) is 0.216. The van der Waals surface area contributed by atoms with E-state index in [0.717, 1.165) is 19.1 Å². The number of methoxy groups -OCH3 is 2. The number of ether oxygens (including phenoxy) is 3. The lowest BCUT2D eigenvalue weighted by atomic mass is 9.81. The van der Waals surface area contributed by atoms with Gasteiger partial charge >= 0.3 is 18.0 Å². The Kier molecular flexibility index (Phi) is 9.14. The monoisotopic (exact) mass is 590 g/mol. The standard InChI is InChI=1S/C29H30N6O8/c1-4-43-29(38)33-14-12-32(13-15-33)19-10-11-21(35(39)40)22(16-19)34-25(28(37)42-3)24(27(36)41-2)23(20(17-30)26(34)31)18-8-6-5-7-9-18/h5-11,16,23H,4,12-15,31H2,1-3H3. The fourth-order valence-corrected chi connectivity index (χ4v) is 5.17. The second-order valence-electron chi connectivity index (χ2n) is 9.44. The number of hydrogen-bond acceptors (Lipinski definition) is 12. The van der Waals surface area contributed by atoms with Crippen LogP contribution in [0.15, 0.2) is 71.2 Å². The molecule has 1 atom stereocenters. The van der Waals surface area contributed by atoms with Gasteiger partial charge in [-0.25, -0.2) is 14.4 Å². The van der Waals surface area contributed by atoms with E-state index in [0.29, 0.717) is 37.4 Å². The lowest BCUT2D eigenvalue weighted by Gasteiger charge is -2.37. The molecule has 2 aromatic carbocycles. The van der Waals surface area contributed by atoms with Crippen LogP contribution < -0.4 is 15.5 Å². The zero-order valence-corrected chi connectivity index (χ0v) is 23.8. The van der Waals surface area contributed by atoms with E-state index in [-0.39, 0.29) is 29.3 Å². The molecule has 4 rings (SSSR count). The zero-order valence-electron chi connectivity index (χ0n) is 23.8. The van der Waals surface area contributed by atoms with Crippen molar-refractivity contribution < 1.29 is 33.5 Å². The lowest BCUT2D eigenvalue weighted by Crippen LogP contribution is -2.49. The molecule has 2 N–H and O–H groups in total. The highest BCUT2D eigenvalue weighted by Crippen LogP contribution is 2.46. The fraction of sp³-hybridized carbons (Fsp3) is 0.310. The second-order valence-corrected chi connectivity index (χ2v) is 9.44. The summed E-state index contributed by atoms with van der Waals surface area (Å²) in [5.41, 5.74) is 6.10. The summed E-state index contributed by atoms with van der Waals surface area (Å²) in [6, 6.07) is 14.7. The molecule has 0 saturated carbocycles. The first-order valence-corrected chi connectivity index (χ1v) is 13.3. The molecule has 0 spiro atoms. The van der Waals surface area contributed by atoms with E-state index < -0.39 is 40.3 Å². The van der Waals surface area contributed by atoms with E-state index in [1.807, 2.05) is 11.0 Å². The lowest BCUT2D eigenvalue weighted by molar-refractivity contribution is -0.384. The Bertz CT molecular complexity index is 1540. The van der Waals surface area contributed by atoms with Gasteiger partial charge in [-0.15, -0.1) is 0 Å². The Balaban J connectivity index is 1.92. The third-order valence-corrected chi connectivity index (χ3v) is 7.18. The molecule has 14 nitrogen and oxygen atoms in total. The van der Waals surface area contributed by atoms with Crippen molar-refractivity contribution in [2.24, 2.45) is 5.73 Å². The molecule has 2 aromatic rings. The van der Waals surface area contributed by atoms with Gasteiger partial charge < -0.3 is 29.7 Å². The van der Waals surface area contributed by atoms with Gasteiger partial charge in [0.2, 0.25) is 0 Å². The molecule has 2 aliphatic rings. The van der Waals surface area contributed by atoms with Crippen LogP contribution in [0.3, 0.4) is 0 Å². The Morgan fingerprint density at radius 3 is 2.26 bits per heavy atom. The number of rotatable bonds is 7. The van der Waals surface area contributed by atoms with Crippen LogP contribution >= 0.6 is 0 Å². The first-order valence-electron chi connectivity index (χ1n) is 13.3. The van der Waals surface area contributed by atoms with Crippen LogP contribution in [0, 0.1) is 21.4 Å². The molecule has 1 saturated heterocycles. The van der Waals surface area contributed by atoms with Gasteiger partial charge in [0.25, 0.3) is 5.69 Å². The van der Waals surface area contributed by atoms with Gasteiger partial charge in [0, 0.05) is 37.9 Å². The molecule has 43 heavy (non-hydrogen) atoms. The fourth-order valence-electron chi connectivity index (χ4n) is 5.17. The number of hydrogen-bond donors (Lipinski definition) is 1. The van der Waals surface area contributed by atoms with Crippen LogP contribution in [-0.2, 0) is 23.8 Å². The summed E-state index contributed by atoms with van der Waals surface area (Å²) in [7, 11) is 2.21. The number of nitrogens with two attached hydrogens (primary N) is 1. The maximum absolute atomic E-state index is 13.4. The van der Waals surface area contributed by atoms with E-state index in [2.05, 4.69) is 0 Å². The minimum absolute atomic E-state index is 0.123. The molecule has 2 aliphatic heterocycles. The summed E-state index contributed by atoms with van der Waals surface area (Å²) >= 11 is 0. The molecule has 224 valence electrons. The number of benzene rings is 2. The van der Waals surface area contributed by atoms with Crippen LogP contribution in [0.1, 0.15) is 18.4 Å². The normalized spacial score (nSPS) is 16.9. The molecule has 2 heterocycles. The van der Waals surface area contributed by atoms with Crippen molar-refractivity contribution in [1.82, 2.24) is 4.90 Å². The minimum Gasteiger partial charge on any atom is -0.466 e. The predicted molar refractivity (Wildman–Crippen MR) is 153 cm³/mol. The van der Waals surface area contributed by atoms with Gasteiger partial charge in [-0.05, 0) is 24.6 Å². The number of allylic oxidation sites excluding steroid dienone is 1. The molecule has 1 amide bonds. The van der Waals surface area contributed by atoms with Crippen molar-refractivity contribution in [3.8, 4) is 6.07 Å². The first-order chi connectivity index (χ1) is 20.7. The highest BCUT2D eigenvalue weighted by molar-refractivity contribution is 6.07. The number of esters is 2. The van der Waals surface area contributed by atoms with Gasteiger partial charge in [0.05, 0.1) is 48.9 Å². The second kappa shape index (κ2) is 12.9. The number of nitro benzene ring substituents is 1. The maximum atomic E-state index is 13.4. The molecule has 1 unspecified atom stereocenters. The Labute approximate surface area is 247 Å². The van der Waals surface area contributed by atoms with Crippen LogP contribution in [0.25, 0.3) is 0 Å². The van der Waals surface area contributed by atoms with E-state index in [9.17, 15) is 29.8 Å². The van der Waals surface area contributed by atoms with Crippen LogP contribution in [0.4, 0.5) is 21.9 Å². The van der Waals surface area contributed by atoms with Gasteiger partial charge in [0.1, 0.15) is 17.2 Å². The Morgan fingerprint density at radius 1 is 1.05 bits per heavy atom. The Hall–Kier alpha value is -5.58. The summed E-state index contributed by atoms with van der Waals surface area (Å²) in [5, 5.41) is 22.5. The van der Waals surface area contributed by atoms with E-state index >= 15 is 0 Å². The van der Waals surface area contributed by atoms with Crippen molar-refractivity contribution in [2.75, 3.05) is 56.8 Å². The van der Waals surface area contributed by atoms with Crippen molar-refractivity contribution >= 4 is 35.1 Å². The first kappa shape index (κ1) is 30.4. The van der Waals surface area contributed by atoms with Gasteiger partial charge in [-0.3, -0.25) is 15.0 Å². The van der Waals surface area contributed by atoms with Crippen LogP contribution in [-0.4, -0.2) is 74.9 Å². The highest BCUT2D eigenvalue weighted by Gasteiger charge is 2.44. The van der Waals surface area contributed by atoms with Crippen molar-refractivity contribution in [3.63, 3.8) is 0 Å². The molecule has 0 aromatic heterocycles. The number of anilines is 2. The predicted octanol–water partition coefficient (Wildman–Crippen LogP) is 2.77. The number of nitrogens with zero attached hydrogens (tertiary/aromatic N) is 5. The largest absolute Gasteiger partial charge is 0.466 e. The number of carbonyl (C=O) groups is 3. The third kappa shape index (κ3) is 5.78. The molecule has 0 aliphatic carbocycles. The van der Waals surface area contributed by atoms with E-state index in [1.165, 1.54) is 18.2 Å². The smallest absolute Gasteiger partial charge is 0.409 e. The summed E-state index contributed by atoms with van der Waals surface area (Å²) < 4.78 is 15.1. The average molecular weight is 591 g/mol. The van der Waals surface area contributed by atoms with E-state index in [4.69, 9.17) is 19.9 Å². The summed E-state index contributed by atoms with van der Waals surface area (Å²) in [4.78, 5) is 54.9. The van der Waals surface area contributed by atoms with Crippen LogP contribution in [0.5, 0.6) is 0 Å².